The van der Waals surface area contributed by atoms with Gasteiger partial charge in [0.2, 0.25) is 0 Å². The first-order chi connectivity index (χ1) is 17.3. The molecule has 3 atom stereocenters. The van der Waals surface area contributed by atoms with Crippen LogP contribution < -0.4 is 15.5 Å². The highest BCUT2D eigenvalue weighted by atomic mass is 15.2. The third-order valence-corrected chi connectivity index (χ3v) is 7.41. The van der Waals surface area contributed by atoms with Crippen LogP contribution in [0.3, 0.4) is 0 Å². The van der Waals surface area contributed by atoms with Crippen molar-refractivity contribution in [2.45, 2.75) is 63.1 Å². The molecule has 5 nitrogen and oxygen atoms in total. The van der Waals surface area contributed by atoms with Gasteiger partial charge in [0.25, 0.3) is 0 Å². The SMILES string of the molecule is N#Cc1ccc(N2CCC[C@H](N[C@@H]3CCCC[C@H]3Nc3cc(Cc4ccccc4)ccn3)C2)cc1. The van der Waals surface area contributed by atoms with E-state index in [1.54, 1.807) is 0 Å². The van der Waals surface area contributed by atoms with Crippen molar-refractivity contribution >= 4 is 11.5 Å². The largest absolute Gasteiger partial charge is 0.370 e. The van der Waals surface area contributed by atoms with Gasteiger partial charge in [0, 0.05) is 43.1 Å². The normalized spacial score (nSPS) is 22.4. The molecule has 3 aromatic rings. The van der Waals surface area contributed by atoms with Crippen molar-refractivity contribution < 1.29 is 0 Å². The molecule has 0 amide bonds. The summed E-state index contributed by atoms with van der Waals surface area (Å²) in [6, 6.07) is 26.5. The summed E-state index contributed by atoms with van der Waals surface area (Å²) in [4.78, 5) is 7.11. The summed E-state index contributed by atoms with van der Waals surface area (Å²) in [5.74, 6) is 0.986. The van der Waals surface area contributed by atoms with E-state index in [9.17, 15) is 0 Å². The molecule has 1 aliphatic heterocycles. The van der Waals surface area contributed by atoms with Gasteiger partial charge in [-0.3, -0.25) is 0 Å². The predicted octanol–water partition coefficient (Wildman–Crippen LogP) is 5.53. The van der Waals surface area contributed by atoms with Crippen LogP contribution in [0.4, 0.5) is 11.5 Å². The summed E-state index contributed by atoms with van der Waals surface area (Å²) in [5, 5.41) is 16.9. The minimum absolute atomic E-state index is 0.397. The number of rotatable bonds is 7. The maximum absolute atomic E-state index is 9.09. The lowest BCUT2D eigenvalue weighted by molar-refractivity contribution is 0.293. The number of nitrogens with one attached hydrogen (secondary N) is 2. The Balaban J connectivity index is 1.21. The van der Waals surface area contributed by atoms with Gasteiger partial charge in [0.1, 0.15) is 5.82 Å². The molecule has 0 spiro atoms. The maximum atomic E-state index is 9.09. The Morgan fingerprint density at radius 2 is 1.69 bits per heavy atom. The lowest BCUT2D eigenvalue weighted by Crippen LogP contribution is -2.55. The minimum atomic E-state index is 0.397. The molecule has 2 fully saturated rings. The summed E-state index contributed by atoms with van der Waals surface area (Å²) in [7, 11) is 0. The van der Waals surface area contributed by atoms with Gasteiger partial charge in [-0.2, -0.15) is 5.26 Å². The molecular weight excluding hydrogens is 430 g/mol. The molecule has 2 heterocycles. The van der Waals surface area contributed by atoms with Crippen LogP contribution in [0.2, 0.25) is 0 Å². The third-order valence-electron chi connectivity index (χ3n) is 7.41. The Hall–Kier alpha value is -3.36. The van der Waals surface area contributed by atoms with E-state index in [2.05, 4.69) is 81.2 Å². The Bertz CT molecular complexity index is 1120. The highest BCUT2D eigenvalue weighted by molar-refractivity contribution is 5.50. The molecule has 1 aliphatic carbocycles. The van der Waals surface area contributed by atoms with E-state index in [0.29, 0.717) is 18.1 Å². The number of hydrogen-bond donors (Lipinski definition) is 2. The highest BCUT2D eigenvalue weighted by Crippen LogP contribution is 2.26. The number of hydrogen-bond acceptors (Lipinski definition) is 5. The zero-order valence-electron chi connectivity index (χ0n) is 20.4. The van der Waals surface area contributed by atoms with Crippen molar-refractivity contribution in [3.05, 3.63) is 89.6 Å². The predicted molar refractivity (Wildman–Crippen MR) is 143 cm³/mol. The topological polar surface area (TPSA) is 64.0 Å². The quantitative estimate of drug-likeness (QED) is 0.481. The number of pyridine rings is 1. The van der Waals surface area contributed by atoms with Gasteiger partial charge in [-0.05, 0) is 79.6 Å². The van der Waals surface area contributed by atoms with Crippen LogP contribution >= 0.6 is 0 Å². The lowest BCUT2D eigenvalue weighted by Gasteiger charge is -2.40. The van der Waals surface area contributed by atoms with Gasteiger partial charge in [0.15, 0.2) is 0 Å². The van der Waals surface area contributed by atoms with Gasteiger partial charge in [-0.15, -0.1) is 0 Å². The minimum Gasteiger partial charge on any atom is -0.370 e. The number of nitrogens with zero attached hydrogens (tertiary/aromatic N) is 3. The standard InChI is InChI=1S/C30H35N5/c31-21-24-12-14-27(15-13-24)35-18-6-9-26(22-35)33-28-10-4-5-11-29(28)34-30-20-25(16-17-32-30)19-23-7-2-1-3-8-23/h1-3,7-8,12-17,20,26,28-29,33H,4-6,9-11,18-19,22H2,(H,32,34)/t26-,28+,29+/m0/s1. The fraction of sp³-hybridized carbons (Fsp3) is 0.400. The molecule has 5 rings (SSSR count). The smallest absolute Gasteiger partial charge is 0.126 e. The fourth-order valence-corrected chi connectivity index (χ4v) is 5.59. The van der Waals surface area contributed by atoms with E-state index >= 15 is 0 Å². The second-order valence-corrected chi connectivity index (χ2v) is 9.96. The van der Waals surface area contributed by atoms with Gasteiger partial charge in [-0.1, -0.05) is 43.2 Å². The Morgan fingerprint density at radius 1 is 0.886 bits per heavy atom. The number of piperidine rings is 1. The average molecular weight is 466 g/mol. The zero-order chi connectivity index (χ0) is 23.9. The number of anilines is 2. The summed E-state index contributed by atoms with van der Waals surface area (Å²) >= 11 is 0. The molecule has 0 unspecified atom stereocenters. The fourth-order valence-electron chi connectivity index (χ4n) is 5.59. The average Bonchev–Trinajstić information content (AvgIpc) is 2.91. The first kappa shape index (κ1) is 23.4. The van der Waals surface area contributed by atoms with Crippen molar-refractivity contribution in [2.24, 2.45) is 0 Å². The van der Waals surface area contributed by atoms with Crippen molar-refractivity contribution in [3.63, 3.8) is 0 Å². The van der Waals surface area contributed by atoms with Crippen LogP contribution in [-0.4, -0.2) is 36.2 Å². The van der Waals surface area contributed by atoms with Gasteiger partial charge < -0.3 is 15.5 Å². The molecule has 0 bridgehead atoms. The molecule has 2 aliphatic rings. The van der Waals surface area contributed by atoms with E-state index in [-0.39, 0.29) is 0 Å². The molecule has 0 radical (unpaired) electrons. The number of aromatic nitrogens is 1. The van der Waals surface area contributed by atoms with Crippen molar-refractivity contribution in [1.82, 2.24) is 10.3 Å². The highest BCUT2D eigenvalue weighted by Gasteiger charge is 2.29. The Kier molecular flexibility index (Phi) is 7.60. The van der Waals surface area contributed by atoms with E-state index in [0.717, 1.165) is 30.9 Å². The van der Waals surface area contributed by atoms with Crippen LogP contribution in [-0.2, 0) is 6.42 Å². The van der Waals surface area contributed by atoms with Crippen LogP contribution in [0.1, 0.15) is 55.2 Å². The Morgan fingerprint density at radius 3 is 2.49 bits per heavy atom. The molecule has 1 aromatic heterocycles. The number of benzene rings is 2. The van der Waals surface area contributed by atoms with E-state index < -0.39 is 0 Å². The van der Waals surface area contributed by atoms with Crippen LogP contribution in [0.5, 0.6) is 0 Å². The molecule has 1 saturated carbocycles. The van der Waals surface area contributed by atoms with E-state index in [1.807, 2.05) is 18.3 Å². The van der Waals surface area contributed by atoms with Gasteiger partial charge in [-0.25, -0.2) is 4.98 Å². The van der Waals surface area contributed by atoms with E-state index in [4.69, 9.17) is 5.26 Å². The Labute approximate surface area is 209 Å². The van der Waals surface area contributed by atoms with Crippen molar-refractivity contribution in [1.29, 1.82) is 5.26 Å². The van der Waals surface area contributed by atoms with Crippen molar-refractivity contribution in [2.75, 3.05) is 23.3 Å². The third kappa shape index (κ3) is 6.21. The molecule has 1 saturated heterocycles. The van der Waals surface area contributed by atoms with Gasteiger partial charge >= 0.3 is 0 Å². The summed E-state index contributed by atoms with van der Waals surface area (Å²) in [6.45, 7) is 2.09. The first-order valence-corrected chi connectivity index (χ1v) is 13.0. The zero-order valence-corrected chi connectivity index (χ0v) is 20.4. The number of nitriles is 1. The molecular formula is C30H35N5. The molecule has 35 heavy (non-hydrogen) atoms. The van der Waals surface area contributed by atoms with Crippen molar-refractivity contribution in [3.8, 4) is 6.07 Å². The molecule has 5 heteroatoms. The first-order valence-electron chi connectivity index (χ1n) is 13.0. The lowest BCUT2D eigenvalue weighted by atomic mass is 9.89. The molecule has 2 N–H and O–H groups in total. The molecule has 180 valence electrons. The molecule has 2 aromatic carbocycles. The van der Waals surface area contributed by atoms with Crippen LogP contribution in [0, 0.1) is 11.3 Å². The summed E-state index contributed by atoms with van der Waals surface area (Å²) in [6.07, 6.45) is 10.2. The van der Waals surface area contributed by atoms with Gasteiger partial charge in [0.05, 0.1) is 11.6 Å². The second-order valence-electron chi connectivity index (χ2n) is 9.96. The second kappa shape index (κ2) is 11.4. The summed E-state index contributed by atoms with van der Waals surface area (Å²) in [5.41, 5.74) is 4.55. The van der Waals surface area contributed by atoms with E-state index in [1.165, 1.54) is 55.3 Å². The monoisotopic (exact) mass is 465 g/mol. The van der Waals surface area contributed by atoms with Crippen LogP contribution in [0.25, 0.3) is 0 Å². The van der Waals surface area contributed by atoms with Crippen LogP contribution in [0.15, 0.2) is 72.9 Å². The maximum Gasteiger partial charge on any atom is 0.126 e. The summed E-state index contributed by atoms with van der Waals surface area (Å²) < 4.78 is 0.